The summed E-state index contributed by atoms with van der Waals surface area (Å²) >= 11 is 0. The van der Waals surface area contributed by atoms with Crippen molar-refractivity contribution in [3.05, 3.63) is 57.9 Å². The van der Waals surface area contributed by atoms with Crippen molar-refractivity contribution in [1.29, 1.82) is 0 Å². The summed E-state index contributed by atoms with van der Waals surface area (Å²) in [6.07, 6.45) is -3.26. The Kier molecular flexibility index (Phi) is 6.09. The number of ketones is 1. The number of halogens is 3. The summed E-state index contributed by atoms with van der Waals surface area (Å²) < 4.78 is 44.8. The minimum atomic E-state index is -4.47. The number of nitrogens with one attached hydrogen (secondary N) is 1. The molecular formula is C24H28F3NO3. The van der Waals surface area contributed by atoms with E-state index in [0.29, 0.717) is 36.1 Å². The van der Waals surface area contributed by atoms with Gasteiger partial charge in [-0.25, -0.2) is 4.79 Å². The van der Waals surface area contributed by atoms with Crippen LogP contribution in [0.4, 0.5) is 13.2 Å². The maximum absolute atomic E-state index is 13.2. The highest BCUT2D eigenvalue weighted by molar-refractivity contribution is 6.04. The van der Waals surface area contributed by atoms with Crippen molar-refractivity contribution in [3.63, 3.8) is 0 Å². The van der Waals surface area contributed by atoms with Crippen molar-refractivity contribution < 1.29 is 27.5 Å². The Morgan fingerprint density at radius 3 is 2.39 bits per heavy atom. The fourth-order valence-corrected chi connectivity index (χ4v) is 4.23. The number of Topliss-reactive ketones (excluding diaryl/α,β-unsaturated/α-hetero) is 1. The third kappa shape index (κ3) is 4.70. The van der Waals surface area contributed by atoms with E-state index in [1.807, 2.05) is 20.8 Å². The Balaban J connectivity index is 2.13. The first-order valence-corrected chi connectivity index (χ1v) is 10.5. The van der Waals surface area contributed by atoms with Gasteiger partial charge < -0.3 is 10.1 Å². The summed E-state index contributed by atoms with van der Waals surface area (Å²) in [7, 11) is 0. The van der Waals surface area contributed by atoms with Crippen LogP contribution in [0.2, 0.25) is 0 Å². The molecule has 0 aromatic heterocycles. The minimum Gasteiger partial charge on any atom is -0.459 e. The number of carbonyl (C=O) groups excluding carboxylic acids is 2. The van der Waals surface area contributed by atoms with Crippen molar-refractivity contribution in [3.8, 4) is 0 Å². The standard InChI is InChI=1S/C24H28F3NO3/c1-6-13(2)31-22(30)19-14(3)28-17-11-23(4,5)12-18(29)21(17)20(19)15-7-9-16(10-8-15)24(25,26)27/h7-10,13,20,28H,6,11-12H2,1-5H3. The molecule has 168 valence electrons. The Labute approximate surface area is 180 Å². The van der Waals surface area contributed by atoms with Crippen LogP contribution in [0.5, 0.6) is 0 Å². The van der Waals surface area contributed by atoms with Crippen LogP contribution >= 0.6 is 0 Å². The van der Waals surface area contributed by atoms with Gasteiger partial charge in [-0.3, -0.25) is 4.79 Å². The van der Waals surface area contributed by atoms with Gasteiger partial charge in [0.2, 0.25) is 0 Å². The van der Waals surface area contributed by atoms with Gasteiger partial charge in [-0.15, -0.1) is 0 Å². The van der Waals surface area contributed by atoms with E-state index >= 15 is 0 Å². The van der Waals surface area contributed by atoms with E-state index in [9.17, 15) is 22.8 Å². The van der Waals surface area contributed by atoms with Crippen molar-refractivity contribution in [2.24, 2.45) is 5.41 Å². The van der Waals surface area contributed by atoms with E-state index in [1.54, 1.807) is 13.8 Å². The van der Waals surface area contributed by atoms with Crippen LogP contribution in [0.25, 0.3) is 0 Å². The van der Waals surface area contributed by atoms with Gasteiger partial charge in [0.15, 0.2) is 5.78 Å². The highest BCUT2D eigenvalue weighted by Gasteiger charge is 2.43. The smallest absolute Gasteiger partial charge is 0.416 e. The summed E-state index contributed by atoms with van der Waals surface area (Å²) in [5.74, 6) is -1.43. The molecule has 0 saturated carbocycles. The molecule has 1 aliphatic heterocycles. The van der Waals surface area contributed by atoms with Gasteiger partial charge in [0.1, 0.15) is 0 Å². The van der Waals surface area contributed by atoms with E-state index in [-0.39, 0.29) is 22.9 Å². The highest BCUT2D eigenvalue weighted by atomic mass is 19.4. The van der Waals surface area contributed by atoms with Gasteiger partial charge in [-0.2, -0.15) is 13.2 Å². The number of rotatable bonds is 4. The van der Waals surface area contributed by atoms with Gasteiger partial charge in [-0.1, -0.05) is 32.9 Å². The number of hydrogen-bond acceptors (Lipinski definition) is 4. The van der Waals surface area contributed by atoms with E-state index in [1.165, 1.54) is 12.1 Å². The summed E-state index contributed by atoms with van der Waals surface area (Å²) in [5.41, 5.74) is 1.44. The van der Waals surface area contributed by atoms with Crippen molar-refractivity contribution in [1.82, 2.24) is 5.32 Å². The number of alkyl halides is 3. The lowest BCUT2D eigenvalue weighted by Gasteiger charge is -2.39. The molecule has 1 aromatic rings. The number of benzene rings is 1. The number of ether oxygens (including phenoxy) is 1. The molecule has 0 radical (unpaired) electrons. The third-order valence-corrected chi connectivity index (χ3v) is 5.91. The van der Waals surface area contributed by atoms with E-state index in [0.717, 1.165) is 17.8 Å². The van der Waals surface area contributed by atoms with E-state index < -0.39 is 23.6 Å². The summed E-state index contributed by atoms with van der Waals surface area (Å²) in [5, 5.41) is 3.22. The minimum absolute atomic E-state index is 0.106. The zero-order chi connectivity index (χ0) is 23.1. The van der Waals surface area contributed by atoms with Gasteiger partial charge in [0, 0.05) is 29.3 Å². The van der Waals surface area contributed by atoms with Crippen LogP contribution in [0.3, 0.4) is 0 Å². The van der Waals surface area contributed by atoms with Gasteiger partial charge in [-0.05, 0) is 49.8 Å². The lowest BCUT2D eigenvalue weighted by molar-refractivity contribution is -0.144. The maximum atomic E-state index is 13.2. The normalized spacial score (nSPS) is 22.1. The number of allylic oxidation sites excluding steroid dienone is 3. The number of dihydropyridines is 1. The fraction of sp³-hybridized carbons (Fsp3) is 0.500. The average Bonchev–Trinajstić information content (AvgIpc) is 2.65. The average molecular weight is 435 g/mol. The van der Waals surface area contributed by atoms with E-state index in [4.69, 9.17) is 4.74 Å². The zero-order valence-electron chi connectivity index (χ0n) is 18.4. The Hall–Kier alpha value is -2.57. The molecule has 1 aliphatic carbocycles. The molecule has 2 unspecified atom stereocenters. The molecule has 0 saturated heterocycles. The third-order valence-electron chi connectivity index (χ3n) is 5.91. The van der Waals surface area contributed by atoms with Crippen LogP contribution in [0.15, 0.2) is 46.8 Å². The quantitative estimate of drug-likeness (QED) is 0.621. The van der Waals surface area contributed by atoms with Crippen molar-refractivity contribution >= 4 is 11.8 Å². The lowest BCUT2D eigenvalue weighted by atomic mass is 9.68. The van der Waals surface area contributed by atoms with Crippen LogP contribution in [-0.2, 0) is 20.5 Å². The molecule has 4 nitrogen and oxygen atoms in total. The summed E-state index contributed by atoms with van der Waals surface area (Å²) in [6, 6.07) is 4.67. The maximum Gasteiger partial charge on any atom is 0.416 e. The topological polar surface area (TPSA) is 55.4 Å². The molecule has 0 spiro atoms. The predicted molar refractivity (Wildman–Crippen MR) is 111 cm³/mol. The molecule has 1 heterocycles. The SMILES string of the molecule is CCC(C)OC(=O)C1=C(C)NC2=C(C(=O)CC(C)(C)C2)C1c1ccc(C(F)(F)F)cc1. The van der Waals surface area contributed by atoms with Crippen LogP contribution in [0, 0.1) is 5.41 Å². The first kappa shape index (κ1) is 23.1. The van der Waals surface area contributed by atoms with Crippen molar-refractivity contribution in [2.45, 2.75) is 72.1 Å². The molecule has 0 amide bonds. The largest absolute Gasteiger partial charge is 0.459 e. The molecule has 31 heavy (non-hydrogen) atoms. The van der Waals surface area contributed by atoms with E-state index in [2.05, 4.69) is 5.32 Å². The zero-order valence-corrected chi connectivity index (χ0v) is 18.4. The molecule has 1 aromatic carbocycles. The van der Waals surface area contributed by atoms with Crippen LogP contribution < -0.4 is 5.32 Å². The Bertz CT molecular complexity index is 955. The second-order valence-corrected chi connectivity index (χ2v) is 9.17. The van der Waals surface area contributed by atoms with Crippen molar-refractivity contribution in [2.75, 3.05) is 0 Å². The second kappa shape index (κ2) is 8.17. The first-order chi connectivity index (χ1) is 14.3. The van der Waals surface area contributed by atoms with Crippen LogP contribution in [0.1, 0.15) is 70.9 Å². The highest BCUT2D eigenvalue weighted by Crippen LogP contribution is 2.47. The Morgan fingerprint density at radius 1 is 1.23 bits per heavy atom. The predicted octanol–water partition coefficient (Wildman–Crippen LogP) is 5.65. The molecule has 3 rings (SSSR count). The number of esters is 1. The van der Waals surface area contributed by atoms with Gasteiger partial charge in [0.05, 0.1) is 17.2 Å². The van der Waals surface area contributed by atoms with Gasteiger partial charge in [0.25, 0.3) is 0 Å². The molecule has 1 N–H and O–H groups in total. The molecule has 2 atom stereocenters. The first-order valence-electron chi connectivity index (χ1n) is 10.5. The summed E-state index contributed by atoms with van der Waals surface area (Å²) in [6.45, 7) is 9.39. The molecule has 7 heteroatoms. The Morgan fingerprint density at radius 2 is 1.84 bits per heavy atom. The molecule has 0 fully saturated rings. The molecule has 2 aliphatic rings. The van der Waals surface area contributed by atoms with Crippen LogP contribution in [-0.4, -0.2) is 17.9 Å². The molecule has 0 bridgehead atoms. The monoisotopic (exact) mass is 435 g/mol. The lowest BCUT2D eigenvalue weighted by Crippen LogP contribution is -2.39. The summed E-state index contributed by atoms with van der Waals surface area (Å²) in [4.78, 5) is 26.2. The number of carbonyl (C=O) groups is 2. The number of hydrogen-bond donors (Lipinski definition) is 1. The molecular weight excluding hydrogens is 407 g/mol. The second-order valence-electron chi connectivity index (χ2n) is 9.17. The van der Waals surface area contributed by atoms with Gasteiger partial charge >= 0.3 is 12.1 Å². The fourth-order valence-electron chi connectivity index (χ4n) is 4.23.